The number of nitrogens with zero attached hydrogens (tertiary/aromatic N) is 1. The second kappa shape index (κ2) is 10.3. The fraction of sp³-hybridized carbons (Fsp3) is 0.433. The van der Waals surface area contributed by atoms with Crippen molar-refractivity contribution in [2.75, 3.05) is 0 Å². The van der Waals surface area contributed by atoms with E-state index in [0.29, 0.717) is 0 Å². The van der Waals surface area contributed by atoms with Gasteiger partial charge < -0.3 is 0 Å². The Hall–Kier alpha value is -2.41. The van der Waals surface area contributed by atoms with Crippen LogP contribution in [0.3, 0.4) is 0 Å². The van der Waals surface area contributed by atoms with Crippen LogP contribution in [0.5, 0.6) is 0 Å². The summed E-state index contributed by atoms with van der Waals surface area (Å²) in [6.07, 6.45) is 15.0. The van der Waals surface area contributed by atoms with Crippen molar-refractivity contribution in [2.45, 2.75) is 83.5 Å². The zero-order valence-electron chi connectivity index (χ0n) is 19.4. The number of pyridine rings is 1. The molecule has 0 N–H and O–H groups in total. The van der Waals surface area contributed by atoms with Crippen molar-refractivity contribution in [2.24, 2.45) is 0 Å². The van der Waals surface area contributed by atoms with Crippen LogP contribution in [-0.2, 0) is 5.41 Å². The number of hydrogen-bond acceptors (Lipinski definition) is 1. The molecule has 0 aliphatic heterocycles. The molecule has 1 nitrogen and oxygen atoms in total. The highest BCUT2D eigenvalue weighted by molar-refractivity contribution is 5.83. The molecule has 2 aromatic carbocycles. The third kappa shape index (κ3) is 4.47. The van der Waals surface area contributed by atoms with Crippen molar-refractivity contribution in [3.05, 3.63) is 78.0 Å². The van der Waals surface area contributed by atoms with Gasteiger partial charge in [-0.3, -0.25) is 4.98 Å². The molecule has 4 rings (SSSR count). The maximum Gasteiger partial charge on any atom is 0.0702 e. The lowest BCUT2D eigenvalue weighted by Crippen LogP contribution is -2.25. The average molecular weight is 412 g/mol. The number of rotatable bonds is 11. The van der Waals surface area contributed by atoms with Crippen molar-refractivity contribution in [1.29, 1.82) is 0 Å². The van der Waals surface area contributed by atoms with Gasteiger partial charge in [0, 0.05) is 17.2 Å². The van der Waals surface area contributed by atoms with Crippen LogP contribution in [0, 0.1) is 0 Å². The first-order valence-corrected chi connectivity index (χ1v) is 12.5. The van der Waals surface area contributed by atoms with Crippen molar-refractivity contribution >= 4 is 0 Å². The van der Waals surface area contributed by atoms with E-state index >= 15 is 0 Å². The van der Waals surface area contributed by atoms with Gasteiger partial charge in [0.05, 0.1) is 5.69 Å². The van der Waals surface area contributed by atoms with E-state index in [1.165, 1.54) is 80.9 Å². The number of hydrogen-bond donors (Lipinski definition) is 0. The smallest absolute Gasteiger partial charge is 0.0702 e. The molecular weight excluding hydrogens is 374 g/mol. The largest absolute Gasteiger partial charge is 0.256 e. The Morgan fingerprint density at radius 1 is 0.645 bits per heavy atom. The topological polar surface area (TPSA) is 12.9 Å². The summed E-state index contributed by atoms with van der Waals surface area (Å²) in [5, 5.41) is 0. The van der Waals surface area contributed by atoms with Crippen molar-refractivity contribution < 1.29 is 0 Å². The summed E-state index contributed by atoms with van der Waals surface area (Å²) in [5.41, 5.74) is 8.49. The summed E-state index contributed by atoms with van der Waals surface area (Å²) in [7, 11) is 0. The van der Waals surface area contributed by atoms with Crippen LogP contribution in [-0.4, -0.2) is 4.98 Å². The third-order valence-corrected chi connectivity index (χ3v) is 7.14. The average Bonchev–Trinajstić information content (AvgIpc) is 3.10. The summed E-state index contributed by atoms with van der Waals surface area (Å²) in [6, 6.07) is 22.5. The van der Waals surface area contributed by atoms with E-state index in [1.807, 2.05) is 12.3 Å². The number of fused-ring (bicyclic) bond motifs is 3. The summed E-state index contributed by atoms with van der Waals surface area (Å²) >= 11 is 0. The molecule has 3 aromatic rings. The zero-order chi connectivity index (χ0) is 21.5. The van der Waals surface area contributed by atoms with E-state index < -0.39 is 0 Å². The molecule has 1 aliphatic rings. The first-order chi connectivity index (χ1) is 15.3. The van der Waals surface area contributed by atoms with Crippen molar-refractivity contribution in [1.82, 2.24) is 4.98 Å². The molecule has 0 radical (unpaired) electrons. The van der Waals surface area contributed by atoms with E-state index in [2.05, 4.69) is 73.4 Å². The molecular formula is C30H37N. The Balaban J connectivity index is 1.78. The minimum absolute atomic E-state index is 0.151. The summed E-state index contributed by atoms with van der Waals surface area (Å²) in [6.45, 7) is 4.61. The van der Waals surface area contributed by atoms with Gasteiger partial charge in [0.1, 0.15) is 0 Å². The van der Waals surface area contributed by atoms with Crippen molar-refractivity contribution in [3.8, 4) is 22.4 Å². The van der Waals surface area contributed by atoms with Crippen LogP contribution < -0.4 is 0 Å². The highest BCUT2D eigenvalue weighted by atomic mass is 14.7. The molecule has 162 valence electrons. The molecule has 0 spiro atoms. The van der Waals surface area contributed by atoms with Gasteiger partial charge >= 0.3 is 0 Å². The Kier molecular flexibility index (Phi) is 7.22. The minimum Gasteiger partial charge on any atom is -0.256 e. The van der Waals surface area contributed by atoms with Gasteiger partial charge in [-0.1, -0.05) is 108 Å². The summed E-state index contributed by atoms with van der Waals surface area (Å²) in [4.78, 5) is 4.64. The van der Waals surface area contributed by atoms with Crippen LogP contribution in [0.15, 0.2) is 66.9 Å². The van der Waals surface area contributed by atoms with Gasteiger partial charge in [0.15, 0.2) is 0 Å². The maximum atomic E-state index is 4.64. The Morgan fingerprint density at radius 3 is 2.00 bits per heavy atom. The van der Waals surface area contributed by atoms with Crippen LogP contribution >= 0.6 is 0 Å². The van der Waals surface area contributed by atoms with E-state index in [0.717, 1.165) is 5.69 Å². The molecule has 0 saturated carbocycles. The molecule has 1 heteroatoms. The molecule has 0 saturated heterocycles. The van der Waals surface area contributed by atoms with E-state index in [-0.39, 0.29) is 5.41 Å². The van der Waals surface area contributed by atoms with E-state index in [1.54, 1.807) is 11.1 Å². The van der Waals surface area contributed by atoms with E-state index in [4.69, 9.17) is 0 Å². The predicted octanol–water partition coefficient (Wildman–Crippen LogP) is 8.96. The SMILES string of the molecule is CCCCCCC1(CCCCCC)c2ccccc2-c2ccc(-c3ccccn3)cc21. The lowest BCUT2D eigenvalue weighted by molar-refractivity contribution is 0.401. The minimum atomic E-state index is 0.151. The van der Waals surface area contributed by atoms with Crippen LogP contribution in [0.1, 0.15) is 89.2 Å². The van der Waals surface area contributed by atoms with E-state index in [9.17, 15) is 0 Å². The molecule has 1 aliphatic carbocycles. The Morgan fingerprint density at radius 2 is 1.32 bits per heavy atom. The fourth-order valence-electron chi connectivity index (χ4n) is 5.52. The first-order valence-electron chi connectivity index (χ1n) is 12.5. The normalized spacial score (nSPS) is 13.7. The molecule has 1 heterocycles. The van der Waals surface area contributed by atoms with Gasteiger partial charge in [-0.05, 0) is 53.3 Å². The monoisotopic (exact) mass is 411 g/mol. The van der Waals surface area contributed by atoms with Gasteiger partial charge in [-0.2, -0.15) is 0 Å². The lowest BCUT2D eigenvalue weighted by atomic mass is 9.70. The first kappa shape index (κ1) is 21.8. The van der Waals surface area contributed by atoms with Gasteiger partial charge in [-0.15, -0.1) is 0 Å². The van der Waals surface area contributed by atoms with Crippen LogP contribution in [0.25, 0.3) is 22.4 Å². The van der Waals surface area contributed by atoms with Gasteiger partial charge in [0.25, 0.3) is 0 Å². The summed E-state index contributed by atoms with van der Waals surface area (Å²) in [5.74, 6) is 0. The predicted molar refractivity (Wildman–Crippen MR) is 133 cm³/mol. The second-order valence-electron chi connectivity index (χ2n) is 9.22. The molecule has 0 atom stereocenters. The zero-order valence-corrected chi connectivity index (χ0v) is 19.4. The Labute approximate surface area is 189 Å². The standard InChI is InChI=1S/C30H37N/c1-3-5-7-12-20-30(21-13-8-6-4-2)27-16-10-9-15-25(27)26-19-18-24(23-28(26)30)29-17-11-14-22-31-29/h9-11,14-19,22-23H,3-8,12-13,20-21H2,1-2H3. The number of unbranched alkanes of at least 4 members (excludes halogenated alkanes) is 6. The molecule has 0 amide bonds. The van der Waals surface area contributed by atoms with Crippen LogP contribution in [0.2, 0.25) is 0 Å². The molecule has 1 aromatic heterocycles. The lowest BCUT2D eigenvalue weighted by Gasteiger charge is -2.33. The highest BCUT2D eigenvalue weighted by Crippen LogP contribution is 2.54. The Bertz CT molecular complexity index is 961. The second-order valence-corrected chi connectivity index (χ2v) is 9.22. The molecule has 0 unspecified atom stereocenters. The highest BCUT2D eigenvalue weighted by Gasteiger charge is 2.42. The molecule has 0 fully saturated rings. The number of benzene rings is 2. The number of aromatic nitrogens is 1. The molecule has 0 bridgehead atoms. The van der Waals surface area contributed by atoms with Crippen LogP contribution in [0.4, 0.5) is 0 Å². The van der Waals surface area contributed by atoms with Gasteiger partial charge in [0.2, 0.25) is 0 Å². The van der Waals surface area contributed by atoms with Gasteiger partial charge in [-0.25, -0.2) is 0 Å². The fourth-order valence-corrected chi connectivity index (χ4v) is 5.52. The maximum absolute atomic E-state index is 4.64. The quantitative estimate of drug-likeness (QED) is 0.287. The van der Waals surface area contributed by atoms with Crippen molar-refractivity contribution in [3.63, 3.8) is 0 Å². The third-order valence-electron chi connectivity index (χ3n) is 7.14. The summed E-state index contributed by atoms with van der Waals surface area (Å²) < 4.78 is 0. The molecule has 31 heavy (non-hydrogen) atoms.